The molecule has 4 rings (SSSR count). The third kappa shape index (κ3) is 2.64. The number of fused-ring (bicyclic) bond motifs is 1. The largest absolute Gasteiger partial charge is 0.446 e. The summed E-state index contributed by atoms with van der Waals surface area (Å²) in [5.74, 6) is 0.515. The van der Waals surface area contributed by atoms with Crippen molar-refractivity contribution in [2.45, 2.75) is 19.4 Å². The molecular weight excluding hydrogens is 354 g/mol. The summed E-state index contributed by atoms with van der Waals surface area (Å²) in [6.07, 6.45) is 5.56. The van der Waals surface area contributed by atoms with Crippen LogP contribution < -0.4 is 20.4 Å². The minimum atomic E-state index is -0.324. The summed E-state index contributed by atoms with van der Waals surface area (Å²) >= 11 is 1.45. The topological polar surface area (TPSA) is 120 Å². The highest BCUT2D eigenvalue weighted by molar-refractivity contribution is 7.11. The standard InChI is InChI=1S/C16H15N7O2S/c1-8-12-9(22-16(17)20-8)5-10(21-14(12)24)13-15(26-7-19-13)23-4-3-18-6-11(23)25-2/h3-4,6-7,10H,5H2,1-2H3,(H2-,17,20,21,22,24)/p+1/t10-/m1/s1. The zero-order valence-electron chi connectivity index (χ0n) is 14.1. The highest BCUT2D eigenvalue weighted by Gasteiger charge is 2.34. The first kappa shape index (κ1) is 16.3. The number of ether oxygens (including phenoxy) is 1. The zero-order valence-corrected chi connectivity index (χ0v) is 14.9. The van der Waals surface area contributed by atoms with Gasteiger partial charge in [-0.15, -0.1) is 4.57 Å². The maximum Gasteiger partial charge on any atom is 0.393 e. The van der Waals surface area contributed by atoms with E-state index in [0.29, 0.717) is 29.3 Å². The number of nitrogen functional groups attached to an aromatic ring is 1. The highest BCUT2D eigenvalue weighted by Crippen LogP contribution is 2.29. The second-order valence-corrected chi connectivity index (χ2v) is 6.58. The van der Waals surface area contributed by atoms with Gasteiger partial charge >= 0.3 is 5.88 Å². The van der Waals surface area contributed by atoms with E-state index in [1.165, 1.54) is 11.3 Å². The van der Waals surface area contributed by atoms with Crippen molar-refractivity contribution in [1.82, 2.24) is 25.3 Å². The van der Waals surface area contributed by atoms with Gasteiger partial charge in [-0.2, -0.15) is 0 Å². The molecule has 1 aliphatic heterocycles. The van der Waals surface area contributed by atoms with Crippen LogP contribution in [-0.2, 0) is 6.42 Å². The van der Waals surface area contributed by atoms with Crippen LogP contribution in [0.2, 0.25) is 0 Å². The lowest BCUT2D eigenvalue weighted by Gasteiger charge is -2.24. The van der Waals surface area contributed by atoms with Crippen molar-refractivity contribution >= 4 is 23.2 Å². The van der Waals surface area contributed by atoms with Gasteiger partial charge in [0, 0.05) is 6.42 Å². The molecule has 0 spiro atoms. The van der Waals surface area contributed by atoms with Crippen LogP contribution >= 0.6 is 11.3 Å². The van der Waals surface area contributed by atoms with Crippen LogP contribution in [0.15, 0.2) is 24.1 Å². The molecule has 4 heterocycles. The number of carbonyl (C=O) groups is 1. The van der Waals surface area contributed by atoms with Crippen molar-refractivity contribution in [3.05, 3.63) is 46.7 Å². The quantitative estimate of drug-likeness (QED) is 0.645. The lowest BCUT2D eigenvalue weighted by molar-refractivity contribution is -0.600. The third-order valence-corrected chi connectivity index (χ3v) is 5.01. The number of nitrogens with two attached hydrogens (primary N) is 1. The van der Waals surface area contributed by atoms with Gasteiger partial charge < -0.3 is 15.8 Å². The van der Waals surface area contributed by atoms with E-state index in [1.807, 2.05) is 4.57 Å². The Labute approximate surface area is 152 Å². The number of thiazole rings is 1. The van der Waals surface area contributed by atoms with Crippen molar-refractivity contribution < 1.29 is 14.1 Å². The van der Waals surface area contributed by atoms with Crippen molar-refractivity contribution in [3.8, 4) is 10.9 Å². The Morgan fingerprint density at radius 1 is 1.42 bits per heavy atom. The van der Waals surface area contributed by atoms with Crippen LogP contribution in [-0.4, -0.2) is 33.0 Å². The maximum atomic E-state index is 12.6. The molecular formula is C16H16N7O2S+. The van der Waals surface area contributed by atoms with E-state index < -0.39 is 0 Å². The van der Waals surface area contributed by atoms with Crippen molar-refractivity contribution in [2.24, 2.45) is 0 Å². The van der Waals surface area contributed by atoms with E-state index >= 15 is 0 Å². The summed E-state index contributed by atoms with van der Waals surface area (Å²) < 4.78 is 7.22. The summed E-state index contributed by atoms with van der Waals surface area (Å²) in [6.45, 7) is 1.75. The van der Waals surface area contributed by atoms with E-state index in [-0.39, 0.29) is 17.9 Å². The van der Waals surface area contributed by atoms with Crippen LogP contribution in [0.3, 0.4) is 0 Å². The molecule has 10 heteroatoms. The average Bonchev–Trinajstić information content (AvgIpc) is 3.10. The third-order valence-electron chi connectivity index (χ3n) is 4.17. The van der Waals surface area contributed by atoms with Crippen LogP contribution in [0, 0.1) is 6.92 Å². The van der Waals surface area contributed by atoms with E-state index in [2.05, 4.69) is 25.3 Å². The highest BCUT2D eigenvalue weighted by atomic mass is 32.1. The Bertz CT molecular complexity index is 1000. The monoisotopic (exact) mass is 370 g/mol. The van der Waals surface area contributed by atoms with Gasteiger partial charge in [0.15, 0.2) is 6.20 Å². The molecule has 0 radical (unpaired) electrons. The van der Waals surface area contributed by atoms with E-state index in [9.17, 15) is 4.79 Å². The molecule has 132 valence electrons. The van der Waals surface area contributed by atoms with E-state index in [0.717, 1.165) is 10.7 Å². The maximum absolute atomic E-state index is 12.6. The lowest BCUT2D eigenvalue weighted by atomic mass is 9.97. The number of carbonyl (C=O) groups excluding carboxylic acids is 1. The molecule has 1 atom stereocenters. The first-order chi connectivity index (χ1) is 12.6. The Balaban J connectivity index is 1.77. The van der Waals surface area contributed by atoms with Crippen LogP contribution in [0.4, 0.5) is 5.95 Å². The molecule has 0 aromatic carbocycles. The lowest BCUT2D eigenvalue weighted by Crippen LogP contribution is -2.40. The molecule has 9 nitrogen and oxygen atoms in total. The Morgan fingerprint density at radius 3 is 3.08 bits per heavy atom. The minimum absolute atomic E-state index is 0.165. The van der Waals surface area contributed by atoms with Crippen molar-refractivity contribution in [1.29, 1.82) is 0 Å². The molecule has 3 aromatic heterocycles. The van der Waals surface area contributed by atoms with Gasteiger partial charge in [-0.05, 0) is 6.92 Å². The first-order valence-corrected chi connectivity index (χ1v) is 8.73. The van der Waals surface area contributed by atoms with E-state index in [4.69, 9.17) is 10.5 Å². The van der Waals surface area contributed by atoms with Gasteiger partial charge in [0.1, 0.15) is 11.9 Å². The summed E-state index contributed by atoms with van der Waals surface area (Å²) in [4.78, 5) is 29.5. The number of hydrogen-bond acceptors (Lipinski definition) is 8. The molecule has 1 amide bonds. The normalized spacial score (nSPS) is 16.1. The number of amides is 1. The van der Waals surface area contributed by atoms with Gasteiger partial charge in [-0.1, -0.05) is 11.3 Å². The second-order valence-electron chi connectivity index (χ2n) is 5.75. The number of aryl methyl sites for hydroxylation is 1. The van der Waals surface area contributed by atoms with E-state index in [1.54, 1.807) is 38.1 Å². The number of aromatic nitrogens is 5. The number of methoxy groups -OCH3 is 1. The van der Waals surface area contributed by atoms with Crippen LogP contribution in [0.25, 0.3) is 5.00 Å². The average molecular weight is 370 g/mol. The summed E-state index contributed by atoms with van der Waals surface area (Å²) in [6, 6.07) is -0.324. The zero-order chi connectivity index (χ0) is 18.3. The molecule has 26 heavy (non-hydrogen) atoms. The fraction of sp³-hybridized carbons (Fsp3) is 0.250. The predicted molar refractivity (Wildman–Crippen MR) is 93.1 cm³/mol. The Hall–Kier alpha value is -3.14. The van der Waals surface area contributed by atoms with Gasteiger partial charge in [-0.3, -0.25) is 4.79 Å². The smallest absolute Gasteiger partial charge is 0.393 e. The SMILES string of the molecule is COc1cncc[n+]1-c1scnc1[C@H]1Cc2nc(N)nc(C)c2C(=O)N1. The number of hydrogen-bond donors (Lipinski definition) is 2. The first-order valence-electron chi connectivity index (χ1n) is 7.85. The summed E-state index contributed by atoms with van der Waals surface area (Å²) in [5, 5.41) is 3.84. The van der Waals surface area contributed by atoms with Gasteiger partial charge in [0.25, 0.3) is 10.9 Å². The van der Waals surface area contributed by atoms with Crippen molar-refractivity contribution in [3.63, 3.8) is 0 Å². The van der Waals surface area contributed by atoms with Crippen LogP contribution in [0.1, 0.15) is 33.5 Å². The molecule has 3 aromatic rings. The predicted octanol–water partition coefficient (Wildman–Crippen LogP) is 0.531. The second kappa shape index (κ2) is 6.30. The van der Waals surface area contributed by atoms with Crippen LogP contribution in [0.5, 0.6) is 5.88 Å². The Kier molecular flexibility index (Phi) is 3.96. The molecule has 0 saturated carbocycles. The minimum Gasteiger partial charge on any atom is -0.446 e. The van der Waals surface area contributed by atoms with Gasteiger partial charge in [-0.25, -0.2) is 19.9 Å². The fourth-order valence-electron chi connectivity index (χ4n) is 3.07. The molecule has 0 unspecified atom stereocenters. The number of rotatable bonds is 3. The molecule has 0 aliphatic carbocycles. The molecule has 0 fully saturated rings. The number of anilines is 1. The molecule has 1 aliphatic rings. The molecule has 3 N–H and O–H groups in total. The summed E-state index contributed by atoms with van der Waals surface area (Å²) in [7, 11) is 1.58. The molecule has 0 saturated heterocycles. The number of nitrogens with one attached hydrogen (secondary N) is 1. The molecule has 0 bridgehead atoms. The summed E-state index contributed by atoms with van der Waals surface area (Å²) in [5.41, 5.74) is 9.92. The van der Waals surface area contributed by atoms with Crippen molar-refractivity contribution in [2.75, 3.05) is 12.8 Å². The van der Waals surface area contributed by atoms with Gasteiger partial charge in [0.05, 0.1) is 41.8 Å². The fourth-order valence-corrected chi connectivity index (χ4v) is 3.92. The number of nitrogens with zero attached hydrogens (tertiary/aromatic N) is 5. The Morgan fingerprint density at radius 2 is 2.27 bits per heavy atom. The van der Waals surface area contributed by atoms with Gasteiger partial charge in [0.2, 0.25) is 5.95 Å².